The van der Waals surface area contributed by atoms with Crippen LogP contribution in [-0.4, -0.2) is 4.98 Å². The van der Waals surface area contributed by atoms with E-state index in [2.05, 4.69) is 11.9 Å². The Morgan fingerprint density at radius 2 is 2.06 bits per heavy atom. The van der Waals surface area contributed by atoms with Crippen LogP contribution in [0.4, 0.5) is 4.39 Å². The number of H-pyrrole nitrogens is 1. The van der Waals surface area contributed by atoms with E-state index in [1.807, 2.05) is 12.1 Å². The number of rotatable bonds is 5. The minimum absolute atomic E-state index is 0.131. The first kappa shape index (κ1) is 11.2. The average Bonchev–Trinajstić information content (AvgIpc) is 2.69. The molecule has 0 atom stereocenters. The van der Waals surface area contributed by atoms with Crippen LogP contribution in [0.1, 0.15) is 38.3 Å². The zero-order valence-corrected chi connectivity index (χ0v) is 9.72. The molecular weight excluding hydrogens is 201 g/mol. The fourth-order valence-corrected chi connectivity index (χ4v) is 2.05. The number of fused-ring (bicyclic) bond motifs is 1. The number of benzene rings is 1. The number of aryl methyl sites for hydroxylation is 1. The molecule has 2 aromatic rings. The van der Waals surface area contributed by atoms with Gasteiger partial charge in [-0.2, -0.15) is 0 Å². The van der Waals surface area contributed by atoms with Gasteiger partial charge in [0.15, 0.2) is 0 Å². The Morgan fingerprint density at radius 3 is 2.81 bits per heavy atom. The van der Waals surface area contributed by atoms with Crippen LogP contribution in [0.15, 0.2) is 24.3 Å². The molecule has 0 saturated carbocycles. The maximum Gasteiger partial charge on any atom is 0.132 e. The minimum Gasteiger partial charge on any atom is -0.358 e. The summed E-state index contributed by atoms with van der Waals surface area (Å²) in [5.41, 5.74) is 2.06. The molecule has 1 aromatic heterocycles. The molecule has 1 N–H and O–H groups in total. The molecule has 0 saturated heterocycles. The monoisotopic (exact) mass is 219 g/mol. The highest BCUT2D eigenvalue weighted by Gasteiger charge is 2.04. The summed E-state index contributed by atoms with van der Waals surface area (Å²) in [6.07, 6.45) is 6.00. The van der Waals surface area contributed by atoms with Crippen molar-refractivity contribution in [2.24, 2.45) is 0 Å². The largest absolute Gasteiger partial charge is 0.358 e. The summed E-state index contributed by atoms with van der Waals surface area (Å²) in [6.45, 7) is 2.21. The molecule has 0 unspecified atom stereocenters. The minimum atomic E-state index is -0.131. The lowest BCUT2D eigenvalue weighted by Crippen LogP contribution is -1.84. The van der Waals surface area contributed by atoms with Gasteiger partial charge in [0.2, 0.25) is 0 Å². The molecule has 0 amide bonds. The fourth-order valence-electron chi connectivity index (χ4n) is 2.05. The number of hydrogen-bond acceptors (Lipinski definition) is 0. The molecule has 0 aliphatic rings. The predicted molar refractivity (Wildman–Crippen MR) is 66.1 cm³/mol. The Labute approximate surface area is 95.7 Å². The Morgan fingerprint density at radius 1 is 1.19 bits per heavy atom. The lowest BCUT2D eigenvalue weighted by Gasteiger charge is -1.96. The van der Waals surface area contributed by atoms with Crippen LogP contribution < -0.4 is 0 Å². The molecule has 0 bridgehead atoms. The zero-order valence-electron chi connectivity index (χ0n) is 9.72. The van der Waals surface area contributed by atoms with Crippen molar-refractivity contribution in [3.8, 4) is 0 Å². The third-order valence-corrected chi connectivity index (χ3v) is 2.97. The topological polar surface area (TPSA) is 15.8 Å². The molecule has 0 fully saturated rings. The molecule has 1 aromatic carbocycles. The van der Waals surface area contributed by atoms with Crippen molar-refractivity contribution in [1.82, 2.24) is 4.98 Å². The van der Waals surface area contributed by atoms with E-state index in [-0.39, 0.29) is 5.82 Å². The van der Waals surface area contributed by atoms with Gasteiger partial charge in [0.1, 0.15) is 5.82 Å². The normalized spacial score (nSPS) is 11.1. The van der Waals surface area contributed by atoms with E-state index in [9.17, 15) is 4.39 Å². The smallest absolute Gasteiger partial charge is 0.132 e. The molecule has 0 aliphatic carbocycles. The van der Waals surface area contributed by atoms with Crippen molar-refractivity contribution in [1.29, 1.82) is 0 Å². The Bertz CT molecular complexity index is 459. The van der Waals surface area contributed by atoms with Gasteiger partial charge in [-0.25, -0.2) is 4.39 Å². The van der Waals surface area contributed by atoms with E-state index < -0.39 is 0 Å². The molecule has 1 nitrogen and oxygen atoms in total. The summed E-state index contributed by atoms with van der Waals surface area (Å²) in [6, 6.07) is 7.12. The first-order chi connectivity index (χ1) is 7.81. The third kappa shape index (κ3) is 2.43. The van der Waals surface area contributed by atoms with E-state index in [1.165, 1.54) is 31.7 Å². The summed E-state index contributed by atoms with van der Waals surface area (Å²) in [5.74, 6) is -0.131. The number of aromatic amines is 1. The van der Waals surface area contributed by atoms with Crippen LogP contribution in [0.3, 0.4) is 0 Å². The zero-order chi connectivity index (χ0) is 11.4. The van der Waals surface area contributed by atoms with Crippen LogP contribution in [-0.2, 0) is 6.42 Å². The van der Waals surface area contributed by atoms with Crippen molar-refractivity contribution >= 4 is 10.9 Å². The summed E-state index contributed by atoms with van der Waals surface area (Å²) in [4.78, 5) is 3.27. The van der Waals surface area contributed by atoms with Crippen LogP contribution in [0.5, 0.6) is 0 Å². The highest BCUT2D eigenvalue weighted by Crippen LogP contribution is 2.19. The van der Waals surface area contributed by atoms with E-state index in [4.69, 9.17) is 0 Å². The molecule has 86 valence electrons. The Balaban J connectivity index is 2.05. The molecule has 2 rings (SSSR count). The molecule has 16 heavy (non-hydrogen) atoms. The predicted octanol–water partition coefficient (Wildman–Crippen LogP) is 4.43. The SMILES string of the molecule is CCCCCCc1cc2c(F)cccc2[nH]1. The van der Waals surface area contributed by atoms with Gasteiger partial charge in [-0.3, -0.25) is 0 Å². The summed E-state index contributed by atoms with van der Waals surface area (Å²) in [7, 11) is 0. The van der Waals surface area contributed by atoms with Gasteiger partial charge in [0.05, 0.1) is 0 Å². The molecule has 1 heterocycles. The van der Waals surface area contributed by atoms with E-state index in [1.54, 1.807) is 6.07 Å². The molecule has 0 radical (unpaired) electrons. The van der Waals surface area contributed by atoms with E-state index in [0.717, 1.165) is 17.6 Å². The summed E-state index contributed by atoms with van der Waals surface area (Å²) < 4.78 is 13.4. The second-order valence-corrected chi connectivity index (χ2v) is 4.31. The quantitative estimate of drug-likeness (QED) is 0.716. The van der Waals surface area contributed by atoms with Crippen molar-refractivity contribution in [3.05, 3.63) is 35.8 Å². The van der Waals surface area contributed by atoms with Crippen molar-refractivity contribution in [2.75, 3.05) is 0 Å². The van der Waals surface area contributed by atoms with Gasteiger partial charge >= 0.3 is 0 Å². The number of unbranched alkanes of at least 4 members (excludes halogenated alkanes) is 3. The van der Waals surface area contributed by atoms with Crippen molar-refractivity contribution in [2.45, 2.75) is 39.0 Å². The molecule has 2 heteroatoms. The number of halogens is 1. The maximum atomic E-state index is 13.4. The molecular formula is C14H18FN. The second kappa shape index (κ2) is 5.15. The van der Waals surface area contributed by atoms with E-state index in [0.29, 0.717) is 5.39 Å². The second-order valence-electron chi connectivity index (χ2n) is 4.31. The highest BCUT2D eigenvalue weighted by molar-refractivity contribution is 5.80. The lowest BCUT2D eigenvalue weighted by atomic mass is 10.1. The molecule has 0 aliphatic heterocycles. The number of hydrogen-bond donors (Lipinski definition) is 1. The first-order valence-corrected chi connectivity index (χ1v) is 6.07. The van der Waals surface area contributed by atoms with Gasteiger partial charge in [-0.15, -0.1) is 0 Å². The fraction of sp³-hybridized carbons (Fsp3) is 0.429. The summed E-state index contributed by atoms with van der Waals surface area (Å²) >= 11 is 0. The summed E-state index contributed by atoms with van der Waals surface area (Å²) in [5, 5.41) is 0.716. The van der Waals surface area contributed by atoms with Gasteiger partial charge < -0.3 is 4.98 Å². The molecule has 0 spiro atoms. The van der Waals surface area contributed by atoms with Gasteiger partial charge in [0, 0.05) is 16.6 Å². The lowest BCUT2D eigenvalue weighted by molar-refractivity contribution is 0.640. The number of aromatic nitrogens is 1. The van der Waals surface area contributed by atoms with Crippen LogP contribution in [0, 0.1) is 5.82 Å². The first-order valence-electron chi connectivity index (χ1n) is 6.07. The van der Waals surface area contributed by atoms with Crippen LogP contribution in [0.25, 0.3) is 10.9 Å². The average molecular weight is 219 g/mol. The van der Waals surface area contributed by atoms with Crippen molar-refractivity contribution < 1.29 is 4.39 Å². The standard InChI is InChI=1S/C14H18FN/c1-2-3-4-5-7-11-10-12-13(15)8-6-9-14(12)16-11/h6,8-10,16H,2-5,7H2,1H3. The van der Waals surface area contributed by atoms with Crippen molar-refractivity contribution in [3.63, 3.8) is 0 Å². The van der Waals surface area contributed by atoms with Crippen LogP contribution in [0.2, 0.25) is 0 Å². The number of nitrogens with one attached hydrogen (secondary N) is 1. The maximum absolute atomic E-state index is 13.4. The van der Waals surface area contributed by atoms with Gasteiger partial charge in [0.25, 0.3) is 0 Å². The highest BCUT2D eigenvalue weighted by atomic mass is 19.1. The van der Waals surface area contributed by atoms with E-state index >= 15 is 0 Å². The Kier molecular flexibility index (Phi) is 3.60. The van der Waals surface area contributed by atoms with Gasteiger partial charge in [-0.05, 0) is 31.0 Å². The van der Waals surface area contributed by atoms with Crippen LogP contribution >= 0.6 is 0 Å². The third-order valence-electron chi connectivity index (χ3n) is 2.97. The van der Waals surface area contributed by atoms with Gasteiger partial charge in [-0.1, -0.05) is 32.3 Å². The Hall–Kier alpha value is -1.31.